The summed E-state index contributed by atoms with van der Waals surface area (Å²) in [5.74, 6) is -1.13. The average Bonchev–Trinajstić information content (AvgIpc) is 2.65. The lowest BCUT2D eigenvalue weighted by molar-refractivity contribution is -0.142. The smallest absolute Gasteiger partial charge is 0.315 e. The van der Waals surface area contributed by atoms with Crippen molar-refractivity contribution in [3.05, 3.63) is 11.1 Å². The molecule has 1 rings (SSSR count). The molecule has 0 saturated carbocycles. The highest BCUT2D eigenvalue weighted by Crippen LogP contribution is 2.16. The summed E-state index contributed by atoms with van der Waals surface area (Å²) in [6.45, 7) is 0. The van der Waals surface area contributed by atoms with Crippen LogP contribution in [0.4, 0.5) is 5.13 Å². The lowest BCUT2D eigenvalue weighted by atomic mass is 10.4. The highest BCUT2D eigenvalue weighted by molar-refractivity contribution is 7.16. The first-order chi connectivity index (χ1) is 7.15. The van der Waals surface area contributed by atoms with Gasteiger partial charge in [-0.05, 0) is 0 Å². The molecule has 0 aliphatic rings. The lowest BCUT2D eigenvalue weighted by Gasteiger charge is -1.99. The van der Waals surface area contributed by atoms with E-state index in [1.54, 1.807) is 0 Å². The van der Waals surface area contributed by atoms with Crippen molar-refractivity contribution in [3.63, 3.8) is 0 Å². The molecule has 0 unspecified atom stereocenters. The van der Waals surface area contributed by atoms with Crippen molar-refractivity contribution in [1.82, 2.24) is 4.98 Å². The standard InChI is InChI=1S/C8H7N3O3S/c1-14-7(13)2-6(12)11-8-10-4-5(3-9)15-8/h4H,2H2,1H3,(H,10,11,12). The van der Waals surface area contributed by atoms with Crippen molar-refractivity contribution < 1.29 is 14.3 Å². The number of anilines is 1. The van der Waals surface area contributed by atoms with Crippen LogP contribution >= 0.6 is 11.3 Å². The number of ether oxygens (including phenoxy) is 1. The third-order valence-corrected chi connectivity index (χ3v) is 2.21. The van der Waals surface area contributed by atoms with Crippen LogP contribution in [0.1, 0.15) is 11.3 Å². The van der Waals surface area contributed by atoms with E-state index in [2.05, 4.69) is 15.0 Å². The molecule has 7 heteroatoms. The van der Waals surface area contributed by atoms with Crippen LogP contribution in [-0.2, 0) is 14.3 Å². The Morgan fingerprint density at radius 3 is 3.00 bits per heavy atom. The van der Waals surface area contributed by atoms with Crippen molar-refractivity contribution in [2.45, 2.75) is 6.42 Å². The van der Waals surface area contributed by atoms with E-state index < -0.39 is 11.9 Å². The molecular weight excluding hydrogens is 218 g/mol. The predicted molar refractivity (Wildman–Crippen MR) is 52.1 cm³/mol. The minimum atomic E-state index is -0.621. The minimum absolute atomic E-state index is 0.292. The van der Waals surface area contributed by atoms with E-state index in [0.717, 1.165) is 11.3 Å². The monoisotopic (exact) mass is 225 g/mol. The number of rotatable bonds is 3. The number of aromatic nitrogens is 1. The van der Waals surface area contributed by atoms with Crippen LogP contribution in [0, 0.1) is 11.3 Å². The molecule has 0 aromatic carbocycles. The topological polar surface area (TPSA) is 92.1 Å². The van der Waals surface area contributed by atoms with Crippen molar-refractivity contribution in [1.29, 1.82) is 5.26 Å². The second-order valence-electron chi connectivity index (χ2n) is 2.44. The Hall–Kier alpha value is -1.94. The molecule has 15 heavy (non-hydrogen) atoms. The molecule has 1 amide bonds. The molecule has 0 spiro atoms. The van der Waals surface area contributed by atoms with Crippen LogP contribution in [0.2, 0.25) is 0 Å². The van der Waals surface area contributed by atoms with E-state index in [0.29, 0.717) is 10.0 Å². The fraction of sp³-hybridized carbons (Fsp3) is 0.250. The molecule has 1 aromatic heterocycles. The zero-order valence-corrected chi connectivity index (χ0v) is 8.63. The average molecular weight is 225 g/mol. The van der Waals surface area contributed by atoms with Gasteiger partial charge in [-0.3, -0.25) is 9.59 Å². The van der Waals surface area contributed by atoms with Gasteiger partial charge in [0.15, 0.2) is 5.13 Å². The molecule has 0 aliphatic carbocycles. The molecule has 1 heterocycles. The molecule has 6 nitrogen and oxygen atoms in total. The van der Waals surface area contributed by atoms with Crippen molar-refractivity contribution in [2.24, 2.45) is 0 Å². The predicted octanol–water partition coefficient (Wildman–Crippen LogP) is 0.516. The van der Waals surface area contributed by atoms with Gasteiger partial charge in [-0.15, -0.1) is 0 Å². The molecule has 0 radical (unpaired) electrons. The van der Waals surface area contributed by atoms with Crippen molar-refractivity contribution in [3.8, 4) is 6.07 Å². The van der Waals surface area contributed by atoms with Gasteiger partial charge in [0.05, 0.1) is 13.3 Å². The maximum Gasteiger partial charge on any atom is 0.315 e. The highest BCUT2D eigenvalue weighted by atomic mass is 32.1. The molecule has 0 bridgehead atoms. The fourth-order valence-corrected chi connectivity index (χ4v) is 1.38. The number of carbonyl (C=O) groups is 2. The first kappa shape index (κ1) is 11.1. The summed E-state index contributed by atoms with van der Waals surface area (Å²) in [6, 6.07) is 1.89. The summed E-state index contributed by atoms with van der Waals surface area (Å²) in [6.07, 6.45) is 0.983. The number of nitriles is 1. The van der Waals surface area contributed by atoms with Gasteiger partial charge >= 0.3 is 5.97 Å². The maximum absolute atomic E-state index is 11.2. The molecule has 1 aromatic rings. The summed E-state index contributed by atoms with van der Waals surface area (Å²) in [5, 5.41) is 11.2. The van der Waals surface area contributed by atoms with Gasteiger partial charge in [0, 0.05) is 0 Å². The third-order valence-electron chi connectivity index (χ3n) is 1.39. The van der Waals surface area contributed by atoms with Gasteiger partial charge in [-0.1, -0.05) is 11.3 Å². The Labute approximate surface area is 89.5 Å². The van der Waals surface area contributed by atoms with Gasteiger partial charge in [-0.2, -0.15) is 5.26 Å². The Morgan fingerprint density at radius 1 is 1.73 bits per heavy atom. The molecule has 78 valence electrons. The third kappa shape index (κ3) is 3.36. The summed E-state index contributed by atoms with van der Waals surface area (Å²) in [7, 11) is 1.20. The largest absolute Gasteiger partial charge is 0.469 e. The normalized spacial score (nSPS) is 9.07. The summed E-state index contributed by atoms with van der Waals surface area (Å²) in [4.78, 5) is 26.0. The summed E-state index contributed by atoms with van der Waals surface area (Å²) >= 11 is 1.04. The first-order valence-corrected chi connectivity index (χ1v) is 4.70. The van der Waals surface area contributed by atoms with Crippen molar-refractivity contribution >= 4 is 28.3 Å². The minimum Gasteiger partial charge on any atom is -0.469 e. The molecule has 1 N–H and O–H groups in total. The number of thiazole rings is 1. The van der Waals surface area contributed by atoms with Gasteiger partial charge in [0.25, 0.3) is 0 Å². The maximum atomic E-state index is 11.2. The number of methoxy groups -OCH3 is 1. The number of nitrogens with zero attached hydrogens (tertiary/aromatic N) is 2. The number of hydrogen-bond donors (Lipinski definition) is 1. The van der Waals surface area contributed by atoms with E-state index in [4.69, 9.17) is 5.26 Å². The van der Waals surface area contributed by atoms with E-state index in [1.165, 1.54) is 13.3 Å². The summed E-state index contributed by atoms with van der Waals surface area (Å²) < 4.78 is 4.32. The van der Waals surface area contributed by atoms with Crippen LogP contribution in [0.25, 0.3) is 0 Å². The number of nitrogens with one attached hydrogen (secondary N) is 1. The number of esters is 1. The second-order valence-corrected chi connectivity index (χ2v) is 3.47. The molecule has 0 fully saturated rings. The molecule has 0 aliphatic heterocycles. The molecule has 0 atom stereocenters. The molecule has 0 saturated heterocycles. The number of hydrogen-bond acceptors (Lipinski definition) is 6. The van der Waals surface area contributed by atoms with Crippen LogP contribution in [0.5, 0.6) is 0 Å². The Balaban J connectivity index is 2.52. The van der Waals surface area contributed by atoms with Crippen molar-refractivity contribution in [2.75, 3.05) is 12.4 Å². The van der Waals surface area contributed by atoms with Gasteiger partial charge in [0.2, 0.25) is 5.91 Å². The molecular formula is C8H7N3O3S. The SMILES string of the molecule is COC(=O)CC(=O)Nc1ncc(C#N)s1. The zero-order valence-electron chi connectivity index (χ0n) is 7.81. The lowest BCUT2D eigenvalue weighted by Crippen LogP contribution is -2.16. The Kier molecular flexibility index (Phi) is 3.76. The highest BCUT2D eigenvalue weighted by Gasteiger charge is 2.11. The van der Waals surface area contributed by atoms with Crippen LogP contribution in [0.15, 0.2) is 6.20 Å². The van der Waals surface area contributed by atoms with Crippen LogP contribution in [0.3, 0.4) is 0 Å². The van der Waals surface area contributed by atoms with Crippen LogP contribution in [-0.4, -0.2) is 24.0 Å². The Morgan fingerprint density at radius 2 is 2.47 bits per heavy atom. The number of amides is 1. The van der Waals surface area contributed by atoms with Gasteiger partial charge in [-0.25, -0.2) is 4.98 Å². The van der Waals surface area contributed by atoms with Gasteiger partial charge < -0.3 is 10.1 Å². The van der Waals surface area contributed by atoms with E-state index in [1.807, 2.05) is 6.07 Å². The quantitative estimate of drug-likeness (QED) is 0.598. The fourth-order valence-electron chi connectivity index (χ4n) is 0.750. The second kappa shape index (κ2) is 5.07. The summed E-state index contributed by atoms with van der Waals surface area (Å²) in [5.41, 5.74) is 0. The van der Waals surface area contributed by atoms with Gasteiger partial charge in [0.1, 0.15) is 17.4 Å². The zero-order chi connectivity index (χ0) is 11.3. The first-order valence-electron chi connectivity index (χ1n) is 3.88. The van der Waals surface area contributed by atoms with E-state index in [-0.39, 0.29) is 6.42 Å². The van der Waals surface area contributed by atoms with E-state index in [9.17, 15) is 9.59 Å². The Bertz CT molecular complexity index is 421. The van der Waals surface area contributed by atoms with Crippen LogP contribution < -0.4 is 5.32 Å². The van der Waals surface area contributed by atoms with E-state index >= 15 is 0 Å². The number of carbonyl (C=O) groups excluding carboxylic acids is 2.